The molecule has 2 aromatic heterocycles. The molecule has 0 saturated heterocycles. The van der Waals surface area contributed by atoms with Crippen LogP contribution in [0.2, 0.25) is 0 Å². The number of hydrogen-bond acceptors (Lipinski definition) is 4. The van der Waals surface area contributed by atoms with Gasteiger partial charge in [-0.15, -0.1) is 11.3 Å². The molecular weight excluding hydrogens is 332 g/mol. The molecule has 0 atom stereocenters. The number of rotatable bonds is 4. The van der Waals surface area contributed by atoms with Gasteiger partial charge in [-0.25, -0.2) is 4.79 Å². The molecule has 2 heterocycles. The fourth-order valence-electron chi connectivity index (χ4n) is 1.67. The van der Waals surface area contributed by atoms with Crippen LogP contribution in [-0.4, -0.2) is 15.3 Å². The van der Waals surface area contributed by atoms with E-state index in [1.54, 1.807) is 11.3 Å². The molecule has 0 radical (unpaired) electrons. The molecular formula is C12H11BrN2O3S. The Hall–Kier alpha value is -1.47. The number of carbonyl (C=O) groups is 1. The van der Waals surface area contributed by atoms with E-state index < -0.39 is 11.2 Å². The van der Waals surface area contributed by atoms with Gasteiger partial charge >= 0.3 is 5.69 Å². The van der Waals surface area contributed by atoms with Gasteiger partial charge in [0.2, 0.25) is 0 Å². The van der Waals surface area contributed by atoms with Crippen LogP contribution >= 0.6 is 27.3 Å². The molecule has 2 aromatic rings. The van der Waals surface area contributed by atoms with E-state index in [0.717, 1.165) is 13.2 Å². The van der Waals surface area contributed by atoms with Gasteiger partial charge in [-0.05, 0) is 35.0 Å². The van der Waals surface area contributed by atoms with Crippen LogP contribution in [0.15, 0.2) is 31.7 Å². The highest BCUT2D eigenvalue weighted by Crippen LogP contribution is 2.22. The van der Waals surface area contributed by atoms with E-state index >= 15 is 0 Å². The van der Waals surface area contributed by atoms with E-state index in [1.165, 1.54) is 13.1 Å². The topological polar surface area (TPSA) is 71.9 Å². The van der Waals surface area contributed by atoms with Crippen molar-refractivity contribution in [3.63, 3.8) is 0 Å². The minimum atomic E-state index is -0.535. The van der Waals surface area contributed by atoms with E-state index in [9.17, 15) is 14.4 Å². The number of thiophene rings is 1. The van der Waals surface area contributed by atoms with Crippen LogP contribution in [0.5, 0.6) is 0 Å². The maximum absolute atomic E-state index is 12.0. The number of carbonyl (C=O) groups excluding carboxylic acids is 1. The number of aromatic amines is 1. The first-order valence-corrected chi connectivity index (χ1v) is 7.17. The van der Waals surface area contributed by atoms with E-state index in [-0.39, 0.29) is 17.9 Å². The Morgan fingerprint density at radius 3 is 2.74 bits per heavy atom. The molecule has 5 nitrogen and oxygen atoms in total. The highest BCUT2D eigenvalue weighted by Gasteiger charge is 2.11. The number of nitrogens with zero attached hydrogens (tertiary/aromatic N) is 1. The van der Waals surface area contributed by atoms with Crippen LogP contribution in [0.25, 0.3) is 0 Å². The van der Waals surface area contributed by atoms with Crippen molar-refractivity contribution in [2.24, 2.45) is 0 Å². The van der Waals surface area contributed by atoms with Crippen LogP contribution in [0.1, 0.15) is 22.2 Å². The number of halogens is 1. The summed E-state index contributed by atoms with van der Waals surface area (Å²) in [7, 11) is 0. The zero-order valence-electron chi connectivity index (χ0n) is 10.1. The van der Waals surface area contributed by atoms with Gasteiger partial charge in [-0.2, -0.15) is 0 Å². The minimum Gasteiger partial charge on any atom is -0.313 e. The van der Waals surface area contributed by atoms with Crippen LogP contribution in [-0.2, 0) is 13.0 Å². The van der Waals surface area contributed by atoms with Gasteiger partial charge in [0, 0.05) is 24.0 Å². The Kier molecular flexibility index (Phi) is 4.16. The smallest absolute Gasteiger partial charge is 0.313 e. The van der Waals surface area contributed by atoms with Crippen molar-refractivity contribution >= 4 is 33.0 Å². The molecule has 2 rings (SSSR count). The average molecular weight is 343 g/mol. The van der Waals surface area contributed by atoms with Crippen molar-refractivity contribution in [2.75, 3.05) is 0 Å². The summed E-state index contributed by atoms with van der Waals surface area (Å²) in [5.74, 6) is -0.353. The summed E-state index contributed by atoms with van der Waals surface area (Å²) in [5, 5.41) is 0. The molecule has 100 valence electrons. The second-order valence-corrected chi connectivity index (χ2v) is 6.52. The van der Waals surface area contributed by atoms with Crippen LogP contribution in [0, 0.1) is 0 Å². The third-order valence-electron chi connectivity index (χ3n) is 2.65. The van der Waals surface area contributed by atoms with E-state index in [1.807, 2.05) is 12.1 Å². The van der Waals surface area contributed by atoms with Gasteiger partial charge < -0.3 is 4.98 Å². The fraction of sp³-hybridized carbons (Fsp3) is 0.250. The van der Waals surface area contributed by atoms with E-state index in [4.69, 9.17) is 0 Å². The van der Waals surface area contributed by atoms with Gasteiger partial charge in [-0.1, -0.05) is 0 Å². The number of Topliss-reactive ketones (excluding diaryl/α,β-unsaturated/α-hetero) is 1. The quantitative estimate of drug-likeness (QED) is 0.861. The predicted molar refractivity (Wildman–Crippen MR) is 77.1 cm³/mol. The Morgan fingerprint density at radius 1 is 1.42 bits per heavy atom. The lowest BCUT2D eigenvalue weighted by atomic mass is 10.2. The third-order valence-corrected chi connectivity index (χ3v) is 4.33. The number of aryl methyl sites for hydroxylation is 1. The average Bonchev–Trinajstić information content (AvgIpc) is 2.74. The molecule has 0 aliphatic heterocycles. The molecule has 0 aliphatic carbocycles. The molecule has 1 N–H and O–H groups in total. The van der Waals surface area contributed by atoms with Crippen molar-refractivity contribution in [3.8, 4) is 0 Å². The summed E-state index contributed by atoms with van der Waals surface area (Å²) >= 11 is 4.91. The van der Waals surface area contributed by atoms with Crippen molar-refractivity contribution in [1.82, 2.24) is 9.55 Å². The van der Waals surface area contributed by atoms with Crippen molar-refractivity contribution in [3.05, 3.63) is 53.4 Å². The van der Waals surface area contributed by atoms with E-state index in [2.05, 4.69) is 20.9 Å². The molecule has 0 fully saturated rings. The molecule has 0 spiro atoms. The van der Waals surface area contributed by atoms with Gasteiger partial charge in [0.15, 0.2) is 5.78 Å². The largest absolute Gasteiger partial charge is 0.328 e. The summed E-state index contributed by atoms with van der Waals surface area (Å²) < 4.78 is 2.06. The monoisotopic (exact) mass is 342 g/mol. The Morgan fingerprint density at radius 2 is 2.16 bits per heavy atom. The number of nitrogens with one attached hydrogen (secondary N) is 1. The fourth-order valence-corrected chi connectivity index (χ4v) is 3.15. The maximum atomic E-state index is 12.0. The van der Waals surface area contributed by atoms with Crippen molar-refractivity contribution in [2.45, 2.75) is 19.9 Å². The molecule has 0 amide bonds. The summed E-state index contributed by atoms with van der Waals surface area (Å²) in [6, 6.07) is 3.85. The highest BCUT2D eigenvalue weighted by molar-refractivity contribution is 9.11. The van der Waals surface area contributed by atoms with Gasteiger partial charge in [0.1, 0.15) is 0 Å². The standard InChI is InChI=1S/C12H11BrN2O3S/c1-7(16)9-6-14-12(18)15(11(9)17)5-4-8-2-3-10(13)19-8/h2-3,6H,4-5H2,1H3,(H,14,18). The zero-order chi connectivity index (χ0) is 14.0. The lowest BCUT2D eigenvalue weighted by Gasteiger charge is -2.04. The van der Waals surface area contributed by atoms with Crippen LogP contribution in [0.4, 0.5) is 0 Å². The third kappa shape index (κ3) is 3.10. The van der Waals surface area contributed by atoms with Crippen LogP contribution in [0.3, 0.4) is 0 Å². The number of hydrogen-bond donors (Lipinski definition) is 1. The van der Waals surface area contributed by atoms with Gasteiger partial charge in [0.25, 0.3) is 5.56 Å². The second kappa shape index (κ2) is 5.66. The summed E-state index contributed by atoms with van der Waals surface area (Å²) in [6.07, 6.45) is 1.74. The molecule has 0 aliphatic rings. The zero-order valence-corrected chi connectivity index (χ0v) is 12.5. The number of aromatic nitrogens is 2. The molecule has 0 bridgehead atoms. The first-order chi connectivity index (χ1) is 8.99. The number of ketones is 1. The number of H-pyrrole nitrogens is 1. The summed E-state index contributed by atoms with van der Waals surface area (Å²) in [4.78, 5) is 38.3. The first kappa shape index (κ1) is 14.0. The lowest BCUT2D eigenvalue weighted by Crippen LogP contribution is -2.38. The molecule has 7 heteroatoms. The Balaban J connectivity index is 2.30. The normalized spacial score (nSPS) is 10.6. The van der Waals surface area contributed by atoms with Crippen molar-refractivity contribution < 1.29 is 4.79 Å². The summed E-state index contributed by atoms with van der Waals surface area (Å²) in [6.45, 7) is 1.55. The van der Waals surface area contributed by atoms with Gasteiger partial charge in [0.05, 0.1) is 9.35 Å². The Bertz CT molecular complexity index is 729. The molecule has 0 saturated carbocycles. The highest BCUT2D eigenvalue weighted by atomic mass is 79.9. The van der Waals surface area contributed by atoms with Gasteiger partial charge in [-0.3, -0.25) is 14.2 Å². The summed E-state index contributed by atoms with van der Waals surface area (Å²) in [5.41, 5.74) is -1.02. The predicted octanol–water partition coefficient (Wildman–Crippen LogP) is 1.81. The second-order valence-electron chi connectivity index (χ2n) is 3.98. The molecule has 0 aromatic carbocycles. The minimum absolute atomic E-state index is 0.00644. The first-order valence-electron chi connectivity index (χ1n) is 5.56. The van der Waals surface area contributed by atoms with E-state index in [0.29, 0.717) is 6.42 Å². The van der Waals surface area contributed by atoms with Crippen molar-refractivity contribution in [1.29, 1.82) is 0 Å². The molecule has 0 unspecified atom stereocenters. The Labute approximate surface area is 121 Å². The maximum Gasteiger partial charge on any atom is 0.328 e. The SMILES string of the molecule is CC(=O)c1c[nH]c(=O)n(CCc2ccc(Br)s2)c1=O. The molecule has 19 heavy (non-hydrogen) atoms. The van der Waals surface area contributed by atoms with Crippen LogP contribution < -0.4 is 11.2 Å². The lowest BCUT2D eigenvalue weighted by molar-refractivity contribution is 0.101.